The molecule has 2 aliphatic rings. The maximum atomic E-state index is 13.1. The average molecular weight is 429 g/mol. The molecule has 0 spiro atoms. The van der Waals surface area contributed by atoms with Gasteiger partial charge in [-0.05, 0) is 60.6 Å². The number of benzene rings is 1. The number of amides is 2. The van der Waals surface area contributed by atoms with Gasteiger partial charge in [-0.15, -0.1) is 0 Å². The third kappa shape index (κ3) is 4.34. The number of nitrogens with one attached hydrogen (secondary N) is 1. The minimum absolute atomic E-state index is 0.0541. The molecule has 1 aromatic carbocycles. The van der Waals surface area contributed by atoms with Crippen molar-refractivity contribution < 1.29 is 13.2 Å². The predicted octanol–water partition coefficient (Wildman–Crippen LogP) is 3.10. The van der Waals surface area contributed by atoms with E-state index in [1.165, 1.54) is 5.56 Å². The van der Waals surface area contributed by atoms with Crippen LogP contribution in [0.15, 0.2) is 48.8 Å². The van der Waals surface area contributed by atoms with Gasteiger partial charge in [0.15, 0.2) is 0 Å². The van der Waals surface area contributed by atoms with Crippen LogP contribution in [0, 0.1) is 5.92 Å². The van der Waals surface area contributed by atoms with Gasteiger partial charge < -0.3 is 10.2 Å². The van der Waals surface area contributed by atoms with E-state index >= 15 is 0 Å². The molecule has 4 rings (SSSR count). The smallest absolute Gasteiger partial charge is 0.321 e. The Morgan fingerprint density at radius 2 is 1.77 bits per heavy atom. The first-order chi connectivity index (χ1) is 14.5. The predicted molar refractivity (Wildman–Crippen MR) is 116 cm³/mol. The molecule has 0 bridgehead atoms. The number of likely N-dealkylation sites (tertiary alicyclic amines) is 1. The van der Waals surface area contributed by atoms with Gasteiger partial charge in [-0.1, -0.05) is 19.1 Å². The number of sulfonamides is 1. The van der Waals surface area contributed by atoms with E-state index in [-0.39, 0.29) is 11.9 Å². The summed E-state index contributed by atoms with van der Waals surface area (Å²) in [5.74, 6) is 0.0541. The molecule has 0 saturated carbocycles. The molecule has 2 aliphatic heterocycles. The van der Waals surface area contributed by atoms with E-state index in [0.717, 1.165) is 17.7 Å². The molecule has 0 unspecified atom stereocenters. The molecule has 2 saturated heterocycles. The number of pyridine rings is 1. The number of rotatable bonds is 4. The summed E-state index contributed by atoms with van der Waals surface area (Å²) in [6.07, 6.45) is 5.49. The maximum absolute atomic E-state index is 13.1. The fourth-order valence-electron chi connectivity index (χ4n) is 4.37. The minimum Gasteiger partial charge on any atom is -0.324 e. The summed E-state index contributed by atoms with van der Waals surface area (Å²) in [7, 11) is -3.37. The molecule has 7 nitrogen and oxygen atoms in total. The molecule has 1 aromatic heterocycles. The number of aryl methyl sites for hydroxylation is 1. The summed E-state index contributed by atoms with van der Waals surface area (Å²) in [4.78, 5) is 18.4. The van der Waals surface area contributed by atoms with Gasteiger partial charge in [0.2, 0.25) is 10.0 Å². The van der Waals surface area contributed by atoms with Crippen molar-refractivity contribution in [2.45, 2.75) is 38.0 Å². The molecule has 0 radical (unpaired) electrons. The highest BCUT2D eigenvalue weighted by Gasteiger charge is 2.47. The van der Waals surface area contributed by atoms with Crippen LogP contribution in [0.25, 0.3) is 0 Å². The molecule has 2 amide bonds. The molecule has 2 fully saturated rings. The van der Waals surface area contributed by atoms with Crippen LogP contribution in [0.1, 0.15) is 30.9 Å². The fraction of sp³-hybridized carbons (Fsp3) is 0.455. The molecule has 2 atom stereocenters. The van der Waals surface area contributed by atoms with Gasteiger partial charge in [-0.3, -0.25) is 4.98 Å². The second-order valence-corrected chi connectivity index (χ2v) is 10.2. The third-order valence-corrected chi connectivity index (χ3v) is 8.55. The van der Waals surface area contributed by atoms with Gasteiger partial charge in [0.25, 0.3) is 0 Å². The van der Waals surface area contributed by atoms with Crippen molar-refractivity contribution in [1.82, 2.24) is 14.2 Å². The first-order valence-corrected chi connectivity index (χ1v) is 12.0. The van der Waals surface area contributed by atoms with Gasteiger partial charge in [-0.25, -0.2) is 13.2 Å². The quantitative estimate of drug-likeness (QED) is 0.811. The molecule has 1 N–H and O–H groups in total. The summed E-state index contributed by atoms with van der Waals surface area (Å²) in [5.41, 5.74) is 2.93. The second-order valence-electron chi connectivity index (χ2n) is 8.04. The van der Waals surface area contributed by atoms with E-state index in [1.54, 1.807) is 21.6 Å². The zero-order chi connectivity index (χ0) is 21.1. The largest absolute Gasteiger partial charge is 0.324 e. The van der Waals surface area contributed by atoms with E-state index < -0.39 is 15.3 Å². The molecule has 160 valence electrons. The number of fused-ring (bicyclic) bond motifs is 1. The van der Waals surface area contributed by atoms with Crippen molar-refractivity contribution in [3.63, 3.8) is 0 Å². The van der Waals surface area contributed by atoms with Crippen molar-refractivity contribution in [2.24, 2.45) is 5.92 Å². The van der Waals surface area contributed by atoms with E-state index in [2.05, 4.69) is 17.2 Å². The van der Waals surface area contributed by atoms with Crippen molar-refractivity contribution in [2.75, 3.05) is 25.0 Å². The van der Waals surface area contributed by atoms with Crippen LogP contribution in [0.2, 0.25) is 0 Å². The van der Waals surface area contributed by atoms with Crippen molar-refractivity contribution in [3.05, 3.63) is 59.9 Å². The molecular weight excluding hydrogens is 400 g/mol. The Bertz CT molecular complexity index is 979. The number of hydrogen-bond donors (Lipinski definition) is 1. The van der Waals surface area contributed by atoms with Crippen LogP contribution >= 0.6 is 0 Å². The number of urea groups is 1. The minimum atomic E-state index is -3.37. The Morgan fingerprint density at radius 3 is 2.47 bits per heavy atom. The summed E-state index contributed by atoms with van der Waals surface area (Å²) in [5, 5.41) is 2.52. The first-order valence-electron chi connectivity index (χ1n) is 10.5. The summed E-state index contributed by atoms with van der Waals surface area (Å²) < 4.78 is 27.8. The van der Waals surface area contributed by atoms with Gasteiger partial charge in [0.05, 0.1) is 5.25 Å². The lowest BCUT2D eigenvalue weighted by atomic mass is 10.0. The lowest BCUT2D eigenvalue weighted by molar-refractivity contribution is 0.212. The number of nitrogens with zero attached hydrogens (tertiary/aromatic N) is 3. The highest BCUT2D eigenvalue weighted by molar-refractivity contribution is 7.90. The topological polar surface area (TPSA) is 82.6 Å². The maximum Gasteiger partial charge on any atom is 0.321 e. The third-order valence-electron chi connectivity index (χ3n) is 6.17. The highest BCUT2D eigenvalue weighted by atomic mass is 32.2. The van der Waals surface area contributed by atoms with Crippen molar-refractivity contribution >= 4 is 21.7 Å². The Morgan fingerprint density at radius 1 is 1.07 bits per heavy atom. The van der Waals surface area contributed by atoms with Gasteiger partial charge in [0, 0.05) is 44.3 Å². The Kier molecular flexibility index (Phi) is 6.06. The summed E-state index contributed by atoms with van der Waals surface area (Å²) >= 11 is 0. The Labute approximate surface area is 178 Å². The molecule has 8 heteroatoms. The van der Waals surface area contributed by atoms with Crippen LogP contribution in [-0.2, 0) is 23.0 Å². The first kappa shape index (κ1) is 20.8. The van der Waals surface area contributed by atoms with E-state index in [9.17, 15) is 13.2 Å². The normalized spacial score (nSPS) is 23.6. The van der Waals surface area contributed by atoms with Gasteiger partial charge in [-0.2, -0.15) is 4.31 Å². The second kappa shape index (κ2) is 8.73. The van der Waals surface area contributed by atoms with Gasteiger partial charge in [0.1, 0.15) is 0 Å². The average Bonchev–Trinajstić information content (AvgIpc) is 2.89. The summed E-state index contributed by atoms with van der Waals surface area (Å²) in [6, 6.07) is 11.4. The number of carbonyl (C=O) groups excluding carboxylic acids is 1. The van der Waals surface area contributed by atoms with Crippen molar-refractivity contribution in [1.29, 1.82) is 0 Å². The SMILES string of the molecule is CCc1ccc(NC(=O)N2CC[C@@H]3CN(Cc4ccncc4)S(=O)(=O)[C@@H]3CC2)cc1. The molecular formula is C22H28N4O3S. The molecule has 3 heterocycles. The van der Waals surface area contributed by atoms with Crippen LogP contribution in [-0.4, -0.2) is 53.5 Å². The van der Waals surface area contributed by atoms with E-state index in [1.807, 2.05) is 36.4 Å². The van der Waals surface area contributed by atoms with Gasteiger partial charge >= 0.3 is 6.03 Å². The van der Waals surface area contributed by atoms with Crippen molar-refractivity contribution in [3.8, 4) is 0 Å². The van der Waals surface area contributed by atoms with Crippen LogP contribution < -0.4 is 5.32 Å². The zero-order valence-corrected chi connectivity index (χ0v) is 18.0. The molecule has 0 aliphatic carbocycles. The Balaban J connectivity index is 1.38. The lowest BCUT2D eigenvalue weighted by Crippen LogP contribution is -2.37. The lowest BCUT2D eigenvalue weighted by Gasteiger charge is -2.22. The van der Waals surface area contributed by atoms with E-state index in [4.69, 9.17) is 0 Å². The molecule has 2 aromatic rings. The Hall–Kier alpha value is -2.45. The van der Waals surface area contributed by atoms with E-state index in [0.29, 0.717) is 39.0 Å². The molecule has 30 heavy (non-hydrogen) atoms. The highest BCUT2D eigenvalue weighted by Crippen LogP contribution is 2.35. The monoisotopic (exact) mass is 428 g/mol. The van der Waals surface area contributed by atoms with Crippen LogP contribution in [0.5, 0.6) is 0 Å². The van der Waals surface area contributed by atoms with Crippen LogP contribution in [0.4, 0.5) is 10.5 Å². The fourth-order valence-corrected chi connectivity index (χ4v) is 6.59. The number of aromatic nitrogens is 1. The number of hydrogen-bond acceptors (Lipinski definition) is 4. The zero-order valence-electron chi connectivity index (χ0n) is 17.2. The number of anilines is 1. The summed E-state index contributed by atoms with van der Waals surface area (Å²) in [6.45, 7) is 4.01. The standard InChI is InChI=1S/C22H28N4O3S/c1-2-17-3-5-20(6-4-17)24-22(27)25-13-9-19-16-26(15-18-7-11-23-12-8-18)30(28,29)21(19)10-14-25/h3-8,11-12,19,21H,2,9-10,13-16H2,1H3,(H,24,27)/t19-,21-/m1/s1. The number of carbonyl (C=O) groups is 1. The van der Waals surface area contributed by atoms with Crippen LogP contribution in [0.3, 0.4) is 0 Å².